The molecule has 3 aromatic carbocycles. The van der Waals surface area contributed by atoms with E-state index in [-0.39, 0.29) is 17.5 Å². The summed E-state index contributed by atoms with van der Waals surface area (Å²) in [5.74, 6) is -0.176. The van der Waals surface area contributed by atoms with E-state index in [1.54, 1.807) is 42.9 Å². The fourth-order valence-corrected chi connectivity index (χ4v) is 5.09. The van der Waals surface area contributed by atoms with Crippen LogP contribution in [0.2, 0.25) is 0 Å². The molecule has 1 aromatic heterocycles. The molecule has 244 valence electrons. The fraction of sp³-hybridized carbons (Fsp3) is 0.316. The minimum atomic E-state index is -0.921. The molecular weight excluding hydrogens is 581 g/mol. The van der Waals surface area contributed by atoms with Crippen LogP contribution in [0, 0.1) is 33.5 Å². The van der Waals surface area contributed by atoms with Crippen LogP contribution in [0.15, 0.2) is 88.6 Å². The second kappa shape index (κ2) is 17.7. The molecule has 46 heavy (non-hydrogen) atoms. The standard InChI is InChI=1S/C20H29N3O3.C18H17FO/c1-4-18(21-3)13-23-15-22-11-7-10-19(5-2)26-14-16-8-6-9-17(12-16)20(24)25;1-10-5-6-15(16(19)9-10)14-7-8-17-18(12(14)3)11(2)13(4)20-17/h4,6,8-9,12-13,15,19,21H,1,5,7,10-11,14H2,2-3H3,(H,22,23)(H,24,25);5-9H,1-4H3/b18-13+;. The number of carboxylic acid groups (broad SMARTS) is 1. The Hall–Kier alpha value is -4.69. The molecule has 0 aliphatic rings. The van der Waals surface area contributed by atoms with Gasteiger partial charge in [-0.15, -0.1) is 0 Å². The fourth-order valence-electron chi connectivity index (χ4n) is 5.09. The van der Waals surface area contributed by atoms with Gasteiger partial charge in [-0.1, -0.05) is 43.8 Å². The normalized spacial score (nSPS) is 12.1. The largest absolute Gasteiger partial charge is 0.478 e. The highest BCUT2D eigenvalue weighted by atomic mass is 19.1. The molecular formula is C38H46FN3O4. The third kappa shape index (κ3) is 9.91. The third-order valence-electron chi connectivity index (χ3n) is 7.85. The van der Waals surface area contributed by atoms with Crippen LogP contribution in [-0.2, 0) is 11.3 Å². The van der Waals surface area contributed by atoms with E-state index >= 15 is 0 Å². The number of aryl methyl sites for hydroxylation is 4. The summed E-state index contributed by atoms with van der Waals surface area (Å²) in [6.07, 6.45) is 8.07. The first-order valence-electron chi connectivity index (χ1n) is 15.5. The maximum Gasteiger partial charge on any atom is 0.335 e. The van der Waals surface area contributed by atoms with Crippen molar-refractivity contribution in [3.63, 3.8) is 0 Å². The van der Waals surface area contributed by atoms with Crippen LogP contribution in [0.25, 0.3) is 22.1 Å². The molecule has 0 bridgehead atoms. The number of aliphatic imine (C=N–C) groups is 1. The molecule has 4 rings (SSSR count). The SMILES string of the molecule is C=C/C(=C\NC=NCCCC(CC)OCc1cccc(C(=O)O)c1)NC.Cc1ccc(-c2ccc3oc(C)c(C)c3c2C)c(F)c1. The molecule has 0 aliphatic heterocycles. The van der Waals surface area contributed by atoms with Crippen molar-refractivity contribution in [3.05, 3.63) is 119 Å². The molecule has 0 fully saturated rings. The lowest BCUT2D eigenvalue weighted by Crippen LogP contribution is -2.13. The van der Waals surface area contributed by atoms with E-state index in [2.05, 4.69) is 29.1 Å². The highest BCUT2D eigenvalue weighted by Crippen LogP contribution is 2.35. The van der Waals surface area contributed by atoms with Gasteiger partial charge in [0.25, 0.3) is 0 Å². The van der Waals surface area contributed by atoms with Crippen LogP contribution >= 0.6 is 0 Å². The van der Waals surface area contributed by atoms with Crippen molar-refractivity contribution in [3.8, 4) is 11.1 Å². The Morgan fingerprint density at radius 1 is 1.09 bits per heavy atom. The number of aromatic carboxylic acids is 1. The van der Waals surface area contributed by atoms with E-state index in [0.717, 1.165) is 76.1 Å². The van der Waals surface area contributed by atoms with Crippen molar-refractivity contribution in [2.45, 2.75) is 66.6 Å². The summed E-state index contributed by atoms with van der Waals surface area (Å²) in [5, 5.41) is 16.1. The highest BCUT2D eigenvalue weighted by molar-refractivity contribution is 5.91. The van der Waals surface area contributed by atoms with E-state index in [0.29, 0.717) is 12.2 Å². The van der Waals surface area contributed by atoms with Crippen LogP contribution in [0.1, 0.15) is 64.6 Å². The lowest BCUT2D eigenvalue weighted by atomic mass is 9.95. The van der Waals surface area contributed by atoms with Crippen molar-refractivity contribution in [2.24, 2.45) is 4.99 Å². The van der Waals surface area contributed by atoms with Gasteiger partial charge < -0.3 is 24.9 Å². The predicted octanol–water partition coefficient (Wildman–Crippen LogP) is 8.80. The van der Waals surface area contributed by atoms with E-state index in [4.69, 9.17) is 14.3 Å². The molecule has 0 radical (unpaired) electrons. The Kier molecular flexibility index (Phi) is 13.8. The highest BCUT2D eigenvalue weighted by Gasteiger charge is 2.15. The molecule has 0 spiro atoms. The van der Waals surface area contributed by atoms with E-state index < -0.39 is 5.97 Å². The molecule has 3 N–H and O–H groups in total. The molecule has 4 aromatic rings. The van der Waals surface area contributed by atoms with Crippen LogP contribution in [0.5, 0.6) is 0 Å². The number of fused-ring (bicyclic) bond motifs is 1. The number of furan rings is 1. The Labute approximate surface area is 271 Å². The summed E-state index contributed by atoms with van der Waals surface area (Å²) in [4.78, 5) is 15.3. The van der Waals surface area contributed by atoms with Gasteiger partial charge in [0.15, 0.2) is 0 Å². The lowest BCUT2D eigenvalue weighted by molar-refractivity contribution is 0.0317. The second-order valence-electron chi connectivity index (χ2n) is 11.1. The minimum absolute atomic E-state index is 0.142. The van der Waals surface area contributed by atoms with Gasteiger partial charge in [0.05, 0.1) is 24.6 Å². The summed E-state index contributed by atoms with van der Waals surface area (Å²) >= 11 is 0. The first-order valence-corrected chi connectivity index (χ1v) is 15.5. The number of carbonyl (C=O) groups is 1. The Balaban J connectivity index is 0.000000258. The van der Waals surface area contributed by atoms with E-state index in [1.165, 1.54) is 0 Å². The summed E-state index contributed by atoms with van der Waals surface area (Å²) in [7, 11) is 1.83. The number of ether oxygens (including phenoxy) is 1. The number of benzene rings is 3. The summed E-state index contributed by atoms with van der Waals surface area (Å²) < 4.78 is 25.8. The number of hydrogen-bond acceptors (Lipinski definition) is 5. The molecule has 0 saturated heterocycles. The Morgan fingerprint density at radius 3 is 2.52 bits per heavy atom. The van der Waals surface area contributed by atoms with Crippen LogP contribution < -0.4 is 10.6 Å². The minimum Gasteiger partial charge on any atom is -0.478 e. The van der Waals surface area contributed by atoms with Gasteiger partial charge in [-0.05, 0) is 105 Å². The Bertz CT molecular complexity index is 1690. The Morgan fingerprint density at radius 2 is 1.85 bits per heavy atom. The van der Waals surface area contributed by atoms with Gasteiger partial charge in [0.2, 0.25) is 0 Å². The van der Waals surface area contributed by atoms with Crippen molar-refractivity contribution >= 4 is 23.3 Å². The zero-order valence-electron chi connectivity index (χ0n) is 27.7. The number of likely N-dealkylation sites (N-methyl/N-ethyl adjacent to an activating group) is 1. The molecule has 1 heterocycles. The van der Waals surface area contributed by atoms with Gasteiger partial charge in [-0.3, -0.25) is 4.99 Å². The van der Waals surface area contributed by atoms with Crippen molar-refractivity contribution < 1.29 is 23.4 Å². The zero-order valence-corrected chi connectivity index (χ0v) is 27.7. The third-order valence-corrected chi connectivity index (χ3v) is 7.85. The second-order valence-corrected chi connectivity index (χ2v) is 11.1. The van der Waals surface area contributed by atoms with Gasteiger partial charge in [-0.25, -0.2) is 9.18 Å². The maximum absolute atomic E-state index is 14.2. The quantitative estimate of drug-likeness (QED) is 0.0560. The monoisotopic (exact) mass is 627 g/mol. The van der Waals surface area contributed by atoms with Crippen molar-refractivity contribution in [1.29, 1.82) is 0 Å². The number of carboxylic acids is 1. The molecule has 0 saturated carbocycles. The number of halogens is 1. The van der Waals surface area contributed by atoms with Crippen LogP contribution in [0.3, 0.4) is 0 Å². The van der Waals surface area contributed by atoms with Gasteiger partial charge in [-0.2, -0.15) is 0 Å². The smallest absolute Gasteiger partial charge is 0.335 e. The number of nitrogens with zero attached hydrogens (tertiary/aromatic N) is 1. The number of nitrogens with one attached hydrogen (secondary N) is 2. The maximum atomic E-state index is 14.2. The van der Waals surface area contributed by atoms with E-state index in [9.17, 15) is 9.18 Å². The molecule has 1 atom stereocenters. The van der Waals surface area contributed by atoms with Crippen molar-refractivity contribution in [2.75, 3.05) is 13.6 Å². The van der Waals surface area contributed by atoms with Crippen LogP contribution in [0.4, 0.5) is 4.39 Å². The lowest BCUT2D eigenvalue weighted by Gasteiger charge is -2.15. The average Bonchev–Trinajstić information content (AvgIpc) is 3.34. The number of allylic oxidation sites excluding steroid dienone is 1. The molecule has 7 nitrogen and oxygen atoms in total. The average molecular weight is 628 g/mol. The predicted molar refractivity (Wildman–Crippen MR) is 186 cm³/mol. The van der Waals surface area contributed by atoms with Crippen LogP contribution in [-0.4, -0.2) is 37.1 Å². The number of rotatable bonds is 14. The zero-order chi connectivity index (χ0) is 33.6. The topological polar surface area (TPSA) is 96.1 Å². The molecule has 8 heteroatoms. The molecule has 1 unspecified atom stereocenters. The summed E-state index contributed by atoms with van der Waals surface area (Å²) in [6.45, 7) is 14.8. The van der Waals surface area contributed by atoms with Crippen molar-refractivity contribution in [1.82, 2.24) is 10.6 Å². The van der Waals surface area contributed by atoms with Gasteiger partial charge >= 0.3 is 5.97 Å². The molecule has 0 aliphatic carbocycles. The first-order chi connectivity index (χ1) is 22.1. The first kappa shape index (κ1) is 35.8. The van der Waals surface area contributed by atoms with E-state index in [1.807, 2.05) is 65.1 Å². The summed E-state index contributed by atoms with van der Waals surface area (Å²) in [6, 6.07) is 16.1. The number of hydrogen-bond donors (Lipinski definition) is 3. The molecule has 0 amide bonds. The summed E-state index contributed by atoms with van der Waals surface area (Å²) in [5.41, 5.74) is 7.63. The van der Waals surface area contributed by atoms with Gasteiger partial charge in [0.1, 0.15) is 17.2 Å². The van der Waals surface area contributed by atoms with Gasteiger partial charge in [0, 0.05) is 36.4 Å².